The molecule has 0 aromatic rings. The van der Waals surface area contributed by atoms with Crippen molar-refractivity contribution in [1.29, 1.82) is 0 Å². The van der Waals surface area contributed by atoms with Crippen molar-refractivity contribution in [3.8, 4) is 0 Å². The highest BCUT2D eigenvalue weighted by atomic mass is 31.2. The van der Waals surface area contributed by atoms with Gasteiger partial charge in [0.1, 0.15) is 19.3 Å². The van der Waals surface area contributed by atoms with Gasteiger partial charge in [-0.25, -0.2) is 9.13 Å². The van der Waals surface area contributed by atoms with Gasteiger partial charge in [-0.3, -0.25) is 37.3 Å². The summed E-state index contributed by atoms with van der Waals surface area (Å²) in [5, 5.41) is 10.6. The lowest BCUT2D eigenvalue weighted by molar-refractivity contribution is -0.161. The maximum Gasteiger partial charge on any atom is 0.472 e. The third-order valence-electron chi connectivity index (χ3n) is 17.4. The molecule has 0 rings (SSSR count). The first-order valence-corrected chi connectivity index (χ1v) is 41.8. The van der Waals surface area contributed by atoms with E-state index in [0.29, 0.717) is 25.7 Å². The molecule has 5 atom stereocenters. The molecule has 93 heavy (non-hydrogen) atoms. The van der Waals surface area contributed by atoms with Crippen LogP contribution in [-0.4, -0.2) is 96.7 Å². The lowest BCUT2D eigenvalue weighted by atomic mass is 10.0. The Bertz CT molecular complexity index is 1770. The number of unbranched alkanes of at least 4 members (excludes halogenated alkanes) is 49. The molecule has 0 spiro atoms. The normalized spacial score (nSPS) is 13.9. The van der Waals surface area contributed by atoms with Crippen molar-refractivity contribution in [3.63, 3.8) is 0 Å². The molecule has 19 heteroatoms. The number of phosphoric acid groups is 2. The molecule has 0 heterocycles. The predicted octanol–water partition coefficient (Wildman–Crippen LogP) is 21.8. The number of carbonyl (C=O) groups is 4. The van der Waals surface area contributed by atoms with Gasteiger partial charge in [-0.2, -0.15) is 0 Å². The van der Waals surface area contributed by atoms with E-state index < -0.39 is 97.5 Å². The van der Waals surface area contributed by atoms with E-state index in [9.17, 15) is 43.2 Å². The molecule has 0 aromatic carbocycles. The van der Waals surface area contributed by atoms with E-state index in [1.54, 1.807) is 0 Å². The lowest BCUT2D eigenvalue weighted by Crippen LogP contribution is -2.30. The number of aliphatic hydroxyl groups excluding tert-OH is 1. The summed E-state index contributed by atoms with van der Waals surface area (Å²) in [5.74, 6) is -2.12. The fraction of sp³-hybridized carbons (Fsp3) is 0.946. The van der Waals surface area contributed by atoms with Gasteiger partial charge in [0, 0.05) is 25.7 Å². The minimum Gasteiger partial charge on any atom is -0.462 e. The molecule has 0 saturated carbocycles. The first-order chi connectivity index (χ1) is 45.2. The van der Waals surface area contributed by atoms with Gasteiger partial charge in [0.25, 0.3) is 0 Å². The van der Waals surface area contributed by atoms with Crippen LogP contribution < -0.4 is 0 Å². The van der Waals surface area contributed by atoms with E-state index in [1.165, 1.54) is 218 Å². The molecule has 0 bridgehead atoms. The van der Waals surface area contributed by atoms with Gasteiger partial charge in [-0.1, -0.05) is 342 Å². The zero-order valence-electron chi connectivity index (χ0n) is 60.2. The summed E-state index contributed by atoms with van der Waals surface area (Å²) in [5.41, 5.74) is 0. The molecule has 0 aromatic heterocycles. The molecule has 0 aliphatic heterocycles. The van der Waals surface area contributed by atoms with Crippen LogP contribution in [0.15, 0.2) is 0 Å². The lowest BCUT2D eigenvalue weighted by Gasteiger charge is -2.21. The minimum absolute atomic E-state index is 0.108. The van der Waals surface area contributed by atoms with E-state index in [4.69, 9.17) is 37.0 Å². The number of ether oxygens (including phenoxy) is 4. The maximum absolute atomic E-state index is 13.1. The third-order valence-corrected chi connectivity index (χ3v) is 19.3. The van der Waals surface area contributed by atoms with Crippen molar-refractivity contribution in [2.24, 2.45) is 0 Å². The average Bonchev–Trinajstić information content (AvgIpc) is 2.55. The van der Waals surface area contributed by atoms with Crippen LogP contribution in [0.2, 0.25) is 0 Å². The summed E-state index contributed by atoms with van der Waals surface area (Å²) >= 11 is 0. The minimum atomic E-state index is -4.95. The summed E-state index contributed by atoms with van der Waals surface area (Å²) in [4.78, 5) is 72.6. The van der Waals surface area contributed by atoms with E-state index in [1.807, 2.05) is 0 Å². The standard InChI is InChI=1S/C74H144O17P2/c1-5-9-13-17-21-25-28-31-32-33-34-35-36-37-39-42-45-49-53-57-61-74(79)91-70(65-85-72(77)59-55-51-47-43-41-38-29-26-22-18-14-10-6-2)67-89-93(82,83)87-63-68(75)62-86-92(80,81)88-66-69(64-84-71(76)58-54-50-46-24-20-16-12-8-4)90-73(78)60-56-52-48-44-40-30-27-23-19-15-11-7-3/h68-70,75H,5-67H2,1-4H3,(H,80,81)(H,82,83)/t68-,69+,70+/m0/s1. The van der Waals surface area contributed by atoms with Crippen LogP contribution >= 0.6 is 15.6 Å². The highest BCUT2D eigenvalue weighted by molar-refractivity contribution is 7.47. The molecular weight excluding hydrogens is 1220 g/mol. The van der Waals surface area contributed by atoms with Gasteiger partial charge in [-0.15, -0.1) is 0 Å². The molecule has 552 valence electrons. The number of rotatable bonds is 75. The predicted molar refractivity (Wildman–Crippen MR) is 377 cm³/mol. The largest absolute Gasteiger partial charge is 0.472 e. The van der Waals surface area contributed by atoms with Crippen LogP contribution in [0.4, 0.5) is 0 Å². The molecule has 0 aliphatic rings. The number of aliphatic hydroxyl groups is 1. The Morgan fingerprint density at radius 2 is 0.430 bits per heavy atom. The van der Waals surface area contributed by atoms with Gasteiger partial charge < -0.3 is 33.8 Å². The van der Waals surface area contributed by atoms with Crippen LogP contribution in [0.3, 0.4) is 0 Å². The van der Waals surface area contributed by atoms with Crippen molar-refractivity contribution in [2.45, 2.75) is 412 Å². The van der Waals surface area contributed by atoms with Gasteiger partial charge in [-0.05, 0) is 25.7 Å². The summed E-state index contributed by atoms with van der Waals surface area (Å²) in [6.07, 6.45) is 58.3. The summed E-state index contributed by atoms with van der Waals surface area (Å²) < 4.78 is 68.4. The second kappa shape index (κ2) is 68.6. The van der Waals surface area contributed by atoms with E-state index in [-0.39, 0.29) is 25.7 Å². The molecule has 0 fully saturated rings. The quantitative estimate of drug-likeness (QED) is 0.0222. The average molecular weight is 1370 g/mol. The molecule has 0 saturated heterocycles. The highest BCUT2D eigenvalue weighted by Crippen LogP contribution is 2.45. The first-order valence-electron chi connectivity index (χ1n) is 38.8. The smallest absolute Gasteiger partial charge is 0.462 e. The summed E-state index contributed by atoms with van der Waals surface area (Å²) in [7, 11) is -9.90. The molecule has 0 radical (unpaired) electrons. The first kappa shape index (κ1) is 91.1. The number of hydrogen-bond donors (Lipinski definition) is 3. The number of phosphoric ester groups is 2. The number of esters is 4. The fourth-order valence-electron chi connectivity index (χ4n) is 11.4. The highest BCUT2D eigenvalue weighted by Gasteiger charge is 2.30. The van der Waals surface area contributed by atoms with Gasteiger partial charge in [0.05, 0.1) is 26.4 Å². The van der Waals surface area contributed by atoms with Crippen LogP contribution in [0.25, 0.3) is 0 Å². The monoisotopic (exact) mass is 1370 g/mol. The Morgan fingerprint density at radius 1 is 0.258 bits per heavy atom. The van der Waals surface area contributed by atoms with Crippen molar-refractivity contribution in [1.82, 2.24) is 0 Å². The molecule has 3 N–H and O–H groups in total. The topological polar surface area (TPSA) is 237 Å². The fourth-order valence-corrected chi connectivity index (χ4v) is 13.0. The van der Waals surface area contributed by atoms with Gasteiger partial charge in [0.2, 0.25) is 0 Å². The van der Waals surface area contributed by atoms with E-state index in [0.717, 1.165) is 96.3 Å². The Kier molecular flexibility index (Phi) is 67.1. The van der Waals surface area contributed by atoms with Crippen molar-refractivity contribution in [2.75, 3.05) is 39.6 Å². The van der Waals surface area contributed by atoms with Gasteiger partial charge in [0.15, 0.2) is 12.2 Å². The van der Waals surface area contributed by atoms with Gasteiger partial charge >= 0.3 is 39.5 Å². The van der Waals surface area contributed by atoms with Crippen LogP contribution in [0.5, 0.6) is 0 Å². The molecule has 2 unspecified atom stereocenters. The van der Waals surface area contributed by atoms with Crippen LogP contribution in [-0.2, 0) is 65.4 Å². The summed E-state index contributed by atoms with van der Waals surface area (Å²) in [6.45, 7) is 4.95. The second-order valence-corrected chi connectivity index (χ2v) is 29.6. The Balaban J connectivity index is 5.18. The number of carbonyl (C=O) groups excluding carboxylic acids is 4. The van der Waals surface area contributed by atoms with Crippen molar-refractivity contribution in [3.05, 3.63) is 0 Å². The maximum atomic E-state index is 13.1. The summed E-state index contributed by atoms with van der Waals surface area (Å²) in [6, 6.07) is 0. The van der Waals surface area contributed by atoms with E-state index in [2.05, 4.69) is 27.7 Å². The van der Waals surface area contributed by atoms with Crippen molar-refractivity contribution >= 4 is 39.5 Å². The Morgan fingerprint density at radius 3 is 0.634 bits per heavy atom. The third kappa shape index (κ3) is 68.4. The second-order valence-electron chi connectivity index (χ2n) is 26.7. The Hall–Kier alpha value is -1.94. The molecular formula is C74H144O17P2. The van der Waals surface area contributed by atoms with Crippen LogP contribution in [0.1, 0.15) is 394 Å². The van der Waals surface area contributed by atoms with Crippen LogP contribution in [0, 0.1) is 0 Å². The number of hydrogen-bond acceptors (Lipinski definition) is 15. The van der Waals surface area contributed by atoms with Crippen molar-refractivity contribution < 1.29 is 80.2 Å². The molecule has 0 amide bonds. The Labute approximate surface area is 568 Å². The van der Waals surface area contributed by atoms with E-state index >= 15 is 0 Å². The zero-order valence-corrected chi connectivity index (χ0v) is 62.0. The molecule has 17 nitrogen and oxygen atoms in total. The molecule has 0 aliphatic carbocycles. The zero-order chi connectivity index (χ0) is 68.2. The SMILES string of the molecule is CCCCCCCCCCCCCCCCCCCCCCC(=O)O[C@H](COC(=O)CCCCCCCCCCCCCCC)COP(=O)(O)OC[C@@H](O)COP(=O)(O)OC[C@@H](COC(=O)CCCCCCCCCC)OC(=O)CCCCCCCCCCCCCC.